The molecule has 0 saturated carbocycles. The van der Waals surface area contributed by atoms with Crippen molar-refractivity contribution >= 4 is 17.5 Å². The number of anilines is 3. The average Bonchev–Trinajstić information content (AvgIpc) is 3.13. The molecule has 1 aliphatic heterocycles. The SMILES string of the molecule is COc1cc(Nc2ncc3c(n2)N(CC(F)(F)F)CCO3)ccc1-n1cnc(C)c1. The number of halogens is 3. The summed E-state index contributed by atoms with van der Waals surface area (Å²) >= 11 is 0. The molecule has 0 atom stereocenters. The fourth-order valence-corrected chi connectivity index (χ4v) is 3.14. The van der Waals surface area contributed by atoms with Gasteiger partial charge in [-0.2, -0.15) is 18.2 Å². The molecule has 1 aromatic carbocycles. The highest BCUT2D eigenvalue weighted by molar-refractivity contribution is 5.64. The Morgan fingerprint density at radius 3 is 2.80 bits per heavy atom. The van der Waals surface area contributed by atoms with Gasteiger partial charge in [0.25, 0.3) is 0 Å². The number of imidazole rings is 1. The van der Waals surface area contributed by atoms with Gasteiger partial charge < -0.3 is 24.3 Å². The second-order valence-corrected chi connectivity index (χ2v) is 6.70. The minimum atomic E-state index is -4.35. The third-order valence-corrected chi connectivity index (χ3v) is 4.45. The van der Waals surface area contributed by atoms with Crippen molar-refractivity contribution < 1.29 is 22.6 Å². The van der Waals surface area contributed by atoms with Crippen LogP contribution in [-0.2, 0) is 0 Å². The van der Waals surface area contributed by atoms with E-state index in [-0.39, 0.29) is 30.7 Å². The van der Waals surface area contributed by atoms with E-state index in [2.05, 4.69) is 20.3 Å². The topological polar surface area (TPSA) is 77.3 Å². The minimum absolute atomic E-state index is 0.0931. The number of aryl methyl sites for hydroxylation is 1. The van der Waals surface area contributed by atoms with Crippen molar-refractivity contribution in [3.8, 4) is 17.2 Å². The van der Waals surface area contributed by atoms with Crippen LogP contribution in [-0.4, -0.2) is 52.5 Å². The predicted octanol–water partition coefficient (Wildman–Crippen LogP) is 3.48. The third kappa shape index (κ3) is 4.24. The lowest BCUT2D eigenvalue weighted by Gasteiger charge is -2.30. The Morgan fingerprint density at radius 1 is 1.27 bits per heavy atom. The molecule has 1 N–H and O–H groups in total. The van der Waals surface area contributed by atoms with Gasteiger partial charge in [-0.3, -0.25) is 0 Å². The number of nitrogens with one attached hydrogen (secondary N) is 1. The fourth-order valence-electron chi connectivity index (χ4n) is 3.14. The number of aromatic nitrogens is 4. The van der Waals surface area contributed by atoms with Gasteiger partial charge in [-0.15, -0.1) is 0 Å². The summed E-state index contributed by atoms with van der Waals surface area (Å²) < 4.78 is 51.3. The summed E-state index contributed by atoms with van der Waals surface area (Å²) in [5, 5.41) is 3.01. The molecule has 0 saturated heterocycles. The van der Waals surface area contributed by atoms with E-state index in [1.807, 2.05) is 23.8 Å². The van der Waals surface area contributed by atoms with Gasteiger partial charge >= 0.3 is 6.18 Å². The Labute approximate surface area is 170 Å². The first-order valence-electron chi connectivity index (χ1n) is 9.10. The standard InChI is InChI=1S/C19H19F3N6O2/c1-12-9-28(11-24-12)14-4-3-13(7-15(14)29-2)25-18-23-8-16-17(26-18)27(5-6-30-16)10-19(20,21)22/h3-4,7-9,11H,5-6,10H2,1-2H3,(H,23,25,26). The van der Waals surface area contributed by atoms with Crippen molar-refractivity contribution in [1.82, 2.24) is 19.5 Å². The monoisotopic (exact) mass is 420 g/mol. The smallest absolute Gasteiger partial charge is 0.405 e. The van der Waals surface area contributed by atoms with Gasteiger partial charge in [0, 0.05) is 18.0 Å². The van der Waals surface area contributed by atoms with Crippen LogP contribution < -0.4 is 19.7 Å². The van der Waals surface area contributed by atoms with Gasteiger partial charge in [0.2, 0.25) is 5.95 Å². The lowest BCUT2D eigenvalue weighted by atomic mass is 10.2. The number of hydrogen-bond acceptors (Lipinski definition) is 7. The summed E-state index contributed by atoms with van der Waals surface area (Å²) in [7, 11) is 1.55. The first-order valence-corrected chi connectivity index (χ1v) is 9.10. The lowest BCUT2D eigenvalue weighted by Crippen LogP contribution is -2.40. The first kappa shape index (κ1) is 19.8. The van der Waals surface area contributed by atoms with Gasteiger partial charge in [-0.05, 0) is 19.1 Å². The molecule has 3 heterocycles. The van der Waals surface area contributed by atoms with E-state index in [9.17, 15) is 13.2 Å². The van der Waals surface area contributed by atoms with E-state index < -0.39 is 12.7 Å². The van der Waals surface area contributed by atoms with Crippen molar-refractivity contribution in [2.24, 2.45) is 0 Å². The second-order valence-electron chi connectivity index (χ2n) is 6.70. The van der Waals surface area contributed by atoms with Crippen LogP contribution >= 0.6 is 0 Å². The normalized spacial score (nSPS) is 13.6. The summed E-state index contributed by atoms with van der Waals surface area (Å²) in [4.78, 5) is 13.7. The average molecular weight is 420 g/mol. The molecular formula is C19H19F3N6O2. The van der Waals surface area contributed by atoms with E-state index in [0.717, 1.165) is 16.3 Å². The van der Waals surface area contributed by atoms with Gasteiger partial charge in [0.05, 0.1) is 37.6 Å². The van der Waals surface area contributed by atoms with E-state index in [1.165, 1.54) is 6.20 Å². The second kappa shape index (κ2) is 7.73. The zero-order valence-electron chi connectivity index (χ0n) is 16.3. The molecule has 0 fully saturated rings. The first-order chi connectivity index (χ1) is 14.3. The van der Waals surface area contributed by atoms with Crippen LogP contribution in [0.4, 0.5) is 30.6 Å². The molecule has 0 bridgehead atoms. The molecule has 0 spiro atoms. The molecule has 11 heteroatoms. The Balaban J connectivity index is 1.59. The minimum Gasteiger partial charge on any atom is -0.494 e. The number of benzene rings is 1. The van der Waals surface area contributed by atoms with E-state index >= 15 is 0 Å². The summed E-state index contributed by atoms with van der Waals surface area (Å²) in [5.41, 5.74) is 2.28. The zero-order valence-corrected chi connectivity index (χ0v) is 16.3. The molecule has 1 aliphatic rings. The zero-order chi connectivity index (χ0) is 21.3. The fraction of sp³-hybridized carbons (Fsp3) is 0.316. The molecular weight excluding hydrogens is 401 g/mol. The van der Waals surface area contributed by atoms with Crippen molar-refractivity contribution in [1.29, 1.82) is 0 Å². The van der Waals surface area contributed by atoms with Crippen molar-refractivity contribution in [3.05, 3.63) is 42.6 Å². The largest absolute Gasteiger partial charge is 0.494 e. The Morgan fingerprint density at radius 2 is 2.10 bits per heavy atom. The predicted molar refractivity (Wildman–Crippen MR) is 104 cm³/mol. The van der Waals surface area contributed by atoms with Crippen molar-refractivity contribution in [2.45, 2.75) is 13.1 Å². The van der Waals surface area contributed by atoms with Crippen LogP contribution in [0, 0.1) is 6.92 Å². The molecule has 4 rings (SSSR count). The molecule has 8 nitrogen and oxygen atoms in total. The summed E-state index contributed by atoms with van der Waals surface area (Å²) in [6, 6.07) is 5.37. The highest BCUT2D eigenvalue weighted by atomic mass is 19.4. The highest BCUT2D eigenvalue weighted by Crippen LogP contribution is 2.33. The van der Waals surface area contributed by atoms with Crippen LogP contribution in [0.15, 0.2) is 36.9 Å². The number of fused-ring (bicyclic) bond motifs is 1. The van der Waals surface area contributed by atoms with E-state index in [1.54, 1.807) is 25.6 Å². The van der Waals surface area contributed by atoms with Crippen LogP contribution in [0.1, 0.15) is 5.69 Å². The summed E-state index contributed by atoms with van der Waals surface area (Å²) in [6.07, 6.45) is 0.573. The van der Waals surface area contributed by atoms with Crippen molar-refractivity contribution in [2.75, 3.05) is 37.0 Å². The molecule has 0 unspecified atom stereocenters. The summed E-state index contributed by atoms with van der Waals surface area (Å²) in [6.45, 7) is 1.02. The molecule has 0 radical (unpaired) electrons. The number of rotatable bonds is 5. The van der Waals surface area contributed by atoms with Crippen molar-refractivity contribution in [3.63, 3.8) is 0 Å². The van der Waals surface area contributed by atoms with Gasteiger partial charge in [0.15, 0.2) is 11.6 Å². The highest BCUT2D eigenvalue weighted by Gasteiger charge is 2.34. The number of hydrogen-bond donors (Lipinski definition) is 1. The molecule has 0 aliphatic carbocycles. The van der Waals surface area contributed by atoms with Crippen LogP contribution in [0.2, 0.25) is 0 Å². The third-order valence-electron chi connectivity index (χ3n) is 4.45. The van der Waals surface area contributed by atoms with Gasteiger partial charge in [-0.1, -0.05) is 0 Å². The number of methoxy groups -OCH3 is 1. The van der Waals surface area contributed by atoms with E-state index in [4.69, 9.17) is 9.47 Å². The lowest BCUT2D eigenvalue weighted by molar-refractivity contribution is -0.120. The van der Waals surface area contributed by atoms with Gasteiger partial charge in [-0.25, -0.2) is 9.97 Å². The Bertz CT molecular complexity index is 1050. The van der Waals surface area contributed by atoms with Crippen LogP contribution in [0.3, 0.4) is 0 Å². The van der Waals surface area contributed by atoms with Gasteiger partial charge in [0.1, 0.15) is 18.9 Å². The maximum Gasteiger partial charge on any atom is 0.405 e. The number of ether oxygens (including phenoxy) is 2. The van der Waals surface area contributed by atoms with Crippen LogP contribution in [0.25, 0.3) is 5.69 Å². The Hall–Kier alpha value is -3.50. The van der Waals surface area contributed by atoms with Crippen LogP contribution in [0.5, 0.6) is 11.5 Å². The molecule has 3 aromatic rings. The number of nitrogens with zero attached hydrogens (tertiary/aromatic N) is 5. The quantitative estimate of drug-likeness (QED) is 0.677. The van der Waals surface area contributed by atoms with E-state index in [0.29, 0.717) is 11.4 Å². The molecule has 158 valence electrons. The maximum absolute atomic E-state index is 12.9. The molecule has 2 aromatic heterocycles. The summed E-state index contributed by atoms with van der Waals surface area (Å²) in [5.74, 6) is 1.06. The molecule has 0 amide bonds. The Kier molecular flexibility index (Phi) is 5.10. The molecule has 30 heavy (non-hydrogen) atoms. The maximum atomic E-state index is 12.9. The number of alkyl halides is 3.